The number of nitrogens with zero attached hydrogens (tertiary/aromatic N) is 1. The first-order valence-electron chi connectivity index (χ1n) is 10.4. The molecule has 2 nitrogen and oxygen atoms in total. The standard InChI is InChI=1S/C26H29NO/c1-2-28-26(22-13-7-4-8-14-22)18-20-27-19-17-23(21-11-5-3-6-12-21)24-15-9-10-16-25(24)27/h3-16,23,26H,2,17-20H2,1H3. The molecular weight excluding hydrogens is 342 g/mol. The maximum atomic E-state index is 6.07. The lowest BCUT2D eigenvalue weighted by Gasteiger charge is -2.37. The van der Waals surface area contributed by atoms with E-state index in [1.807, 2.05) is 0 Å². The van der Waals surface area contributed by atoms with E-state index in [9.17, 15) is 0 Å². The second kappa shape index (κ2) is 9.07. The van der Waals surface area contributed by atoms with Crippen molar-refractivity contribution in [3.8, 4) is 0 Å². The van der Waals surface area contributed by atoms with Crippen LogP contribution in [-0.2, 0) is 4.74 Å². The second-order valence-corrected chi connectivity index (χ2v) is 7.44. The molecule has 0 spiro atoms. The number of hydrogen-bond donors (Lipinski definition) is 0. The Bertz CT molecular complexity index is 862. The van der Waals surface area contributed by atoms with E-state index in [1.165, 1.54) is 22.4 Å². The Morgan fingerprint density at radius 3 is 2.32 bits per heavy atom. The molecule has 0 saturated heterocycles. The van der Waals surface area contributed by atoms with Gasteiger partial charge in [-0.2, -0.15) is 0 Å². The molecule has 3 aromatic rings. The van der Waals surface area contributed by atoms with Crippen LogP contribution in [0.2, 0.25) is 0 Å². The molecule has 1 aliphatic rings. The predicted molar refractivity (Wildman–Crippen MR) is 117 cm³/mol. The quantitative estimate of drug-likeness (QED) is 0.490. The van der Waals surface area contributed by atoms with Crippen LogP contribution >= 0.6 is 0 Å². The highest BCUT2D eigenvalue weighted by atomic mass is 16.5. The fraction of sp³-hybridized carbons (Fsp3) is 0.308. The van der Waals surface area contributed by atoms with Gasteiger partial charge in [-0.15, -0.1) is 0 Å². The zero-order valence-electron chi connectivity index (χ0n) is 16.6. The Hall–Kier alpha value is -2.58. The highest BCUT2D eigenvalue weighted by Gasteiger charge is 2.26. The SMILES string of the molecule is CCOC(CCN1CCC(c2ccccc2)c2ccccc21)c1ccccc1. The first-order chi connectivity index (χ1) is 13.9. The summed E-state index contributed by atoms with van der Waals surface area (Å²) >= 11 is 0. The van der Waals surface area contributed by atoms with Gasteiger partial charge in [0.1, 0.15) is 0 Å². The number of hydrogen-bond acceptors (Lipinski definition) is 2. The van der Waals surface area contributed by atoms with E-state index in [-0.39, 0.29) is 6.10 Å². The Kier molecular flexibility index (Phi) is 6.08. The maximum absolute atomic E-state index is 6.07. The molecule has 2 unspecified atom stereocenters. The number of ether oxygens (including phenoxy) is 1. The van der Waals surface area contributed by atoms with Gasteiger partial charge in [-0.1, -0.05) is 78.9 Å². The lowest BCUT2D eigenvalue weighted by molar-refractivity contribution is 0.0575. The number of fused-ring (bicyclic) bond motifs is 1. The average molecular weight is 372 g/mol. The van der Waals surface area contributed by atoms with Crippen LogP contribution in [0.4, 0.5) is 5.69 Å². The summed E-state index contributed by atoms with van der Waals surface area (Å²) in [6.45, 7) is 4.92. The summed E-state index contributed by atoms with van der Waals surface area (Å²) < 4.78 is 6.07. The fourth-order valence-corrected chi connectivity index (χ4v) is 4.38. The number of para-hydroxylation sites is 1. The Balaban J connectivity index is 1.52. The molecule has 0 N–H and O–H groups in total. The number of anilines is 1. The third-order valence-electron chi connectivity index (χ3n) is 5.74. The summed E-state index contributed by atoms with van der Waals surface area (Å²) in [4.78, 5) is 2.55. The lowest BCUT2D eigenvalue weighted by atomic mass is 9.84. The van der Waals surface area contributed by atoms with Gasteiger partial charge >= 0.3 is 0 Å². The molecule has 0 aromatic heterocycles. The van der Waals surface area contributed by atoms with Gasteiger partial charge in [0.15, 0.2) is 0 Å². The molecule has 2 heteroatoms. The monoisotopic (exact) mass is 371 g/mol. The van der Waals surface area contributed by atoms with Crippen LogP contribution in [0, 0.1) is 0 Å². The molecule has 0 amide bonds. The minimum Gasteiger partial charge on any atom is -0.374 e. The van der Waals surface area contributed by atoms with Crippen LogP contribution in [0.15, 0.2) is 84.9 Å². The molecule has 0 aliphatic carbocycles. The van der Waals surface area contributed by atoms with Crippen molar-refractivity contribution in [1.82, 2.24) is 0 Å². The fourth-order valence-electron chi connectivity index (χ4n) is 4.38. The summed E-state index contributed by atoms with van der Waals surface area (Å²) in [6.07, 6.45) is 2.32. The van der Waals surface area contributed by atoms with Crippen LogP contribution in [-0.4, -0.2) is 19.7 Å². The van der Waals surface area contributed by atoms with Crippen LogP contribution in [0.25, 0.3) is 0 Å². The molecular formula is C26H29NO. The van der Waals surface area contributed by atoms with Gasteiger partial charge in [-0.05, 0) is 42.5 Å². The number of rotatable bonds is 7. The molecule has 3 aromatic carbocycles. The van der Waals surface area contributed by atoms with Gasteiger partial charge in [0, 0.05) is 31.3 Å². The Morgan fingerprint density at radius 2 is 1.57 bits per heavy atom. The molecule has 0 bridgehead atoms. The lowest BCUT2D eigenvalue weighted by Crippen LogP contribution is -2.33. The molecule has 144 valence electrons. The van der Waals surface area contributed by atoms with Crippen molar-refractivity contribution in [3.63, 3.8) is 0 Å². The van der Waals surface area contributed by atoms with Gasteiger partial charge < -0.3 is 9.64 Å². The molecule has 4 rings (SSSR count). The first-order valence-corrected chi connectivity index (χ1v) is 10.4. The van der Waals surface area contributed by atoms with E-state index >= 15 is 0 Å². The van der Waals surface area contributed by atoms with Gasteiger partial charge in [0.05, 0.1) is 6.10 Å². The predicted octanol–water partition coefficient (Wildman–Crippen LogP) is 6.20. The van der Waals surface area contributed by atoms with Gasteiger partial charge in [-0.25, -0.2) is 0 Å². The molecule has 1 heterocycles. The zero-order valence-corrected chi connectivity index (χ0v) is 16.6. The van der Waals surface area contributed by atoms with Crippen molar-refractivity contribution in [1.29, 1.82) is 0 Å². The third kappa shape index (κ3) is 4.13. The van der Waals surface area contributed by atoms with Crippen molar-refractivity contribution in [2.75, 3.05) is 24.6 Å². The van der Waals surface area contributed by atoms with E-state index in [0.717, 1.165) is 32.5 Å². The first kappa shape index (κ1) is 18.8. The van der Waals surface area contributed by atoms with Crippen molar-refractivity contribution in [2.24, 2.45) is 0 Å². The minimum absolute atomic E-state index is 0.158. The molecule has 28 heavy (non-hydrogen) atoms. The zero-order chi connectivity index (χ0) is 19.2. The van der Waals surface area contributed by atoms with Crippen molar-refractivity contribution >= 4 is 5.69 Å². The Morgan fingerprint density at radius 1 is 0.893 bits per heavy atom. The van der Waals surface area contributed by atoms with Crippen molar-refractivity contribution < 1.29 is 4.74 Å². The summed E-state index contributed by atoms with van der Waals surface area (Å²) in [5.74, 6) is 0.491. The molecule has 0 fully saturated rings. The van der Waals surface area contributed by atoms with E-state index in [4.69, 9.17) is 4.74 Å². The highest BCUT2D eigenvalue weighted by molar-refractivity contribution is 5.59. The second-order valence-electron chi connectivity index (χ2n) is 7.44. The van der Waals surface area contributed by atoms with Crippen molar-refractivity contribution in [2.45, 2.75) is 31.8 Å². The van der Waals surface area contributed by atoms with Crippen LogP contribution in [0.5, 0.6) is 0 Å². The summed E-state index contributed by atoms with van der Waals surface area (Å²) in [6, 6.07) is 30.5. The minimum atomic E-state index is 0.158. The normalized spacial score (nSPS) is 17.2. The van der Waals surface area contributed by atoms with E-state index < -0.39 is 0 Å². The maximum Gasteiger partial charge on any atom is 0.0841 e. The summed E-state index contributed by atoms with van der Waals surface area (Å²) in [5, 5.41) is 0. The van der Waals surface area contributed by atoms with Gasteiger partial charge in [0.25, 0.3) is 0 Å². The molecule has 0 saturated carbocycles. The third-order valence-corrected chi connectivity index (χ3v) is 5.74. The van der Waals surface area contributed by atoms with Gasteiger partial charge in [0.2, 0.25) is 0 Å². The average Bonchev–Trinajstić information content (AvgIpc) is 2.77. The van der Waals surface area contributed by atoms with Gasteiger partial charge in [-0.3, -0.25) is 0 Å². The summed E-state index contributed by atoms with van der Waals surface area (Å²) in [5.41, 5.74) is 5.53. The summed E-state index contributed by atoms with van der Waals surface area (Å²) in [7, 11) is 0. The van der Waals surface area contributed by atoms with Crippen molar-refractivity contribution in [3.05, 3.63) is 102 Å². The largest absolute Gasteiger partial charge is 0.374 e. The van der Waals surface area contributed by atoms with E-state index in [1.54, 1.807) is 0 Å². The molecule has 2 atom stereocenters. The van der Waals surface area contributed by atoms with Crippen LogP contribution in [0.3, 0.4) is 0 Å². The van der Waals surface area contributed by atoms with E-state index in [2.05, 4.69) is 96.8 Å². The Labute approximate surface area is 168 Å². The highest BCUT2D eigenvalue weighted by Crippen LogP contribution is 2.39. The van der Waals surface area contributed by atoms with E-state index in [0.29, 0.717) is 5.92 Å². The molecule has 1 aliphatic heterocycles. The van der Waals surface area contributed by atoms with Crippen LogP contribution < -0.4 is 4.90 Å². The topological polar surface area (TPSA) is 12.5 Å². The molecule has 0 radical (unpaired) electrons. The number of benzene rings is 3. The smallest absolute Gasteiger partial charge is 0.0841 e. The van der Waals surface area contributed by atoms with Crippen LogP contribution in [0.1, 0.15) is 48.5 Å².